The van der Waals surface area contributed by atoms with Crippen LogP contribution in [0.5, 0.6) is 0 Å². The molecule has 1 atom stereocenters. The van der Waals surface area contributed by atoms with Gasteiger partial charge in [-0.1, -0.05) is 23.7 Å². The van der Waals surface area contributed by atoms with Crippen LogP contribution in [0.4, 0.5) is 0 Å². The first-order valence-corrected chi connectivity index (χ1v) is 11.7. The predicted molar refractivity (Wildman–Crippen MR) is 113 cm³/mol. The molecule has 10 heteroatoms. The summed E-state index contributed by atoms with van der Waals surface area (Å²) in [6.07, 6.45) is 0. The van der Waals surface area contributed by atoms with E-state index in [1.165, 1.54) is 15.6 Å². The van der Waals surface area contributed by atoms with Crippen molar-refractivity contribution in [1.82, 2.24) is 14.5 Å². The third kappa shape index (κ3) is 4.80. The van der Waals surface area contributed by atoms with Crippen LogP contribution >= 0.6 is 22.9 Å². The van der Waals surface area contributed by atoms with E-state index >= 15 is 0 Å². The van der Waals surface area contributed by atoms with Gasteiger partial charge in [-0.25, -0.2) is 8.42 Å². The Labute approximate surface area is 179 Å². The molecule has 0 radical (unpaired) electrons. The number of benzene rings is 1. The standard InChI is InChI=1S/C19H22ClN3O4S2/c1-13-7-8-17(28-13)29(26,27)23-11-9-22(10-12-23)19(25)14(2)21-18(24)15-5-3-4-6-16(15)20/h3-8,14H,9-12H2,1-2H3,(H,21,24). The van der Waals surface area contributed by atoms with Crippen LogP contribution in [0.15, 0.2) is 40.6 Å². The van der Waals surface area contributed by atoms with Gasteiger partial charge in [0.05, 0.1) is 10.6 Å². The van der Waals surface area contributed by atoms with Crippen molar-refractivity contribution in [3.8, 4) is 0 Å². The van der Waals surface area contributed by atoms with Gasteiger partial charge in [0.25, 0.3) is 15.9 Å². The third-order valence-electron chi connectivity index (χ3n) is 4.70. The van der Waals surface area contributed by atoms with Gasteiger partial charge in [0, 0.05) is 31.1 Å². The maximum absolute atomic E-state index is 12.7. The topological polar surface area (TPSA) is 86.8 Å². The van der Waals surface area contributed by atoms with Gasteiger partial charge in [-0.15, -0.1) is 11.3 Å². The highest BCUT2D eigenvalue weighted by atomic mass is 35.5. The average molecular weight is 456 g/mol. The molecule has 2 amide bonds. The fourth-order valence-electron chi connectivity index (χ4n) is 3.08. The molecule has 1 unspecified atom stereocenters. The first-order valence-electron chi connectivity index (χ1n) is 9.11. The molecule has 1 aliphatic rings. The number of carbonyl (C=O) groups excluding carboxylic acids is 2. The Morgan fingerprint density at radius 2 is 1.76 bits per heavy atom. The van der Waals surface area contributed by atoms with Crippen molar-refractivity contribution >= 4 is 44.8 Å². The summed E-state index contributed by atoms with van der Waals surface area (Å²) in [5, 5.41) is 2.97. The lowest BCUT2D eigenvalue weighted by Crippen LogP contribution is -2.55. The van der Waals surface area contributed by atoms with Crippen LogP contribution < -0.4 is 5.32 Å². The Kier molecular flexibility index (Phi) is 6.62. The van der Waals surface area contributed by atoms with E-state index < -0.39 is 22.0 Å². The SMILES string of the molecule is Cc1ccc(S(=O)(=O)N2CCN(C(=O)C(C)NC(=O)c3ccccc3Cl)CC2)s1. The van der Waals surface area contributed by atoms with Crippen molar-refractivity contribution in [2.75, 3.05) is 26.2 Å². The van der Waals surface area contributed by atoms with Gasteiger partial charge in [-0.3, -0.25) is 9.59 Å². The number of nitrogens with one attached hydrogen (secondary N) is 1. The van der Waals surface area contributed by atoms with Crippen LogP contribution in [0.1, 0.15) is 22.2 Å². The van der Waals surface area contributed by atoms with E-state index in [2.05, 4.69) is 5.32 Å². The van der Waals surface area contributed by atoms with Gasteiger partial charge in [0.1, 0.15) is 10.3 Å². The average Bonchev–Trinajstić information content (AvgIpc) is 3.15. The monoisotopic (exact) mass is 455 g/mol. The minimum atomic E-state index is -3.54. The molecule has 7 nitrogen and oxygen atoms in total. The normalized spacial score (nSPS) is 16.4. The van der Waals surface area contributed by atoms with Crippen LogP contribution in [0.3, 0.4) is 0 Å². The summed E-state index contributed by atoms with van der Waals surface area (Å²) in [4.78, 5) is 27.5. The first-order chi connectivity index (χ1) is 13.7. The Morgan fingerprint density at radius 1 is 1.10 bits per heavy atom. The Balaban J connectivity index is 1.58. The largest absolute Gasteiger partial charge is 0.340 e. The Hall–Kier alpha value is -1.94. The van der Waals surface area contributed by atoms with Crippen LogP contribution in [0, 0.1) is 6.92 Å². The van der Waals surface area contributed by atoms with E-state index in [0.29, 0.717) is 14.8 Å². The molecule has 2 aromatic rings. The molecule has 1 aliphatic heterocycles. The summed E-state index contributed by atoms with van der Waals surface area (Å²) in [5.41, 5.74) is 0.302. The summed E-state index contributed by atoms with van der Waals surface area (Å²) < 4.78 is 27.1. The summed E-state index contributed by atoms with van der Waals surface area (Å²) in [6, 6.07) is 9.25. The molecule has 1 aromatic heterocycles. The molecule has 0 aliphatic carbocycles. The molecular formula is C19H22ClN3O4S2. The van der Waals surface area contributed by atoms with E-state index in [-0.39, 0.29) is 32.1 Å². The zero-order chi connectivity index (χ0) is 21.2. The lowest BCUT2D eigenvalue weighted by Gasteiger charge is -2.35. The van der Waals surface area contributed by atoms with Crippen molar-refractivity contribution < 1.29 is 18.0 Å². The van der Waals surface area contributed by atoms with Crippen LogP contribution in [0.2, 0.25) is 5.02 Å². The summed E-state index contributed by atoms with van der Waals surface area (Å²) in [7, 11) is -3.54. The number of hydrogen-bond donors (Lipinski definition) is 1. The molecule has 29 heavy (non-hydrogen) atoms. The van der Waals surface area contributed by atoms with Crippen LogP contribution in [-0.2, 0) is 14.8 Å². The number of amides is 2. The zero-order valence-corrected chi connectivity index (χ0v) is 18.5. The smallest absolute Gasteiger partial charge is 0.253 e. The molecule has 2 heterocycles. The molecule has 1 fully saturated rings. The number of aryl methyl sites for hydroxylation is 1. The number of thiophene rings is 1. The Morgan fingerprint density at radius 3 is 2.34 bits per heavy atom. The van der Waals surface area contributed by atoms with Crippen LogP contribution in [-0.4, -0.2) is 61.7 Å². The van der Waals surface area contributed by atoms with Crippen molar-refractivity contribution in [1.29, 1.82) is 0 Å². The summed E-state index contributed by atoms with van der Waals surface area (Å²) in [6.45, 7) is 4.45. The van der Waals surface area contributed by atoms with E-state index in [0.717, 1.165) is 4.88 Å². The van der Waals surface area contributed by atoms with Crippen molar-refractivity contribution in [2.45, 2.75) is 24.1 Å². The molecule has 1 saturated heterocycles. The number of halogens is 1. The number of hydrogen-bond acceptors (Lipinski definition) is 5. The van der Waals surface area contributed by atoms with E-state index in [9.17, 15) is 18.0 Å². The number of piperazine rings is 1. The van der Waals surface area contributed by atoms with E-state index in [1.54, 1.807) is 48.2 Å². The fraction of sp³-hybridized carbons (Fsp3) is 0.368. The summed E-state index contributed by atoms with van der Waals surface area (Å²) in [5.74, 6) is -0.680. The fourth-order valence-corrected chi connectivity index (χ4v) is 6.16. The number of rotatable bonds is 5. The minimum absolute atomic E-state index is 0.218. The molecule has 0 saturated carbocycles. The Bertz CT molecular complexity index is 1010. The minimum Gasteiger partial charge on any atom is -0.340 e. The second-order valence-corrected chi connectivity index (χ2v) is 10.6. The van der Waals surface area contributed by atoms with Crippen molar-refractivity contribution in [2.24, 2.45) is 0 Å². The summed E-state index contributed by atoms with van der Waals surface area (Å²) >= 11 is 7.26. The van der Waals surface area contributed by atoms with E-state index in [4.69, 9.17) is 11.6 Å². The third-order valence-corrected chi connectivity index (χ3v) is 8.39. The number of sulfonamides is 1. The lowest BCUT2D eigenvalue weighted by molar-refractivity contribution is -0.134. The van der Waals surface area contributed by atoms with Gasteiger partial charge >= 0.3 is 0 Å². The second-order valence-electron chi connectivity index (χ2n) is 6.77. The molecule has 1 aromatic carbocycles. The number of carbonyl (C=O) groups is 2. The highest BCUT2D eigenvalue weighted by Gasteiger charge is 2.32. The predicted octanol–water partition coefficient (Wildman–Crippen LogP) is 2.36. The van der Waals surface area contributed by atoms with Gasteiger partial charge < -0.3 is 10.2 Å². The van der Waals surface area contributed by atoms with Crippen LogP contribution in [0.25, 0.3) is 0 Å². The molecule has 0 spiro atoms. The second kappa shape index (κ2) is 8.83. The van der Waals surface area contributed by atoms with Gasteiger partial charge in [0.2, 0.25) is 5.91 Å². The maximum Gasteiger partial charge on any atom is 0.253 e. The zero-order valence-electron chi connectivity index (χ0n) is 16.1. The molecule has 0 bridgehead atoms. The van der Waals surface area contributed by atoms with Gasteiger partial charge in [-0.05, 0) is 38.1 Å². The highest BCUT2D eigenvalue weighted by Crippen LogP contribution is 2.25. The van der Waals surface area contributed by atoms with Gasteiger partial charge in [0.15, 0.2) is 0 Å². The first kappa shape index (κ1) is 21.8. The van der Waals surface area contributed by atoms with Gasteiger partial charge in [-0.2, -0.15) is 4.31 Å². The van der Waals surface area contributed by atoms with Crippen molar-refractivity contribution in [3.05, 3.63) is 51.9 Å². The lowest BCUT2D eigenvalue weighted by atomic mass is 10.2. The molecule has 1 N–H and O–H groups in total. The number of nitrogens with zero attached hydrogens (tertiary/aromatic N) is 2. The molecule has 156 valence electrons. The quantitative estimate of drug-likeness (QED) is 0.749. The molecular weight excluding hydrogens is 434 g/mol. The van der Waals surface area contributed by atoms with E-state index in [1.807, 2.05) is 6.92 Å². The highest BCUT2D eigenvalue weighted by molar-refractivity contribution is 7.91. The maximum atomic E-state index is 12.7. The van der Waals surface area contributed by atoms with Crippen molar-refractivity contribution in [3.63, 3.8) is 0 Å². The molecule has 3 rings (SSSR count).